The van der Waals surface area contributed by atoms with Crippen LogP contribution < -0.4 is 4.72 Å². The van der Waals surface area contributed by atoms with Gasteiger partial charge in [-0.1, -0.05) is 36.8 Å². The van der Waals surface area contributed by atoms with Crippen LogP contribution in [0.1, 0.15) is 30.9 Å². The molecule has 2 rings (SSSR count). The van der Waals surface area contributed by atoms with Crippen molar-refractivity contribution in [3.05, 3.63) is 35.9 Å². The number of hydrogen-bond acceptors (Lipinski definition) is 3. The third-order valence-electron chi connectivity index (χ3n) is 3.33. The molecule has 1 saturated heterocycles. The van der Waals surface area contributed by atoms with Crippen molar-refractivity contribution in [2.24, 2.45) is 0 Å². The molecule has 0 spiro atoms. The quantitative estimate of drug-likeness (QED) is 0.849. The van der Waals surface area contributed by atoms with E-state index in [4.69, 9.17) is 0 Å². The van der Waals surface area contributed by atoms with Crippen LogP contribution in [0.2, 0.25) is 0 Å². The van der Waals surface area contributed by atoms with Crippen LogP contribution in [0.15, 0.2) is 30.3 Å². The third kappa shape index (κ3) is 3.76. The first-order chi connectivity index (χ1) is 9.13. The summed E-state index contributed by atoms with van der Waals surface area (Å²) in [6, 6.07) is 8.53. The Bertz CT molecular complexity index is 484. The van der Waals surface area contributed by atoms with E-state index >= 15 is 0 Å². The molecule has 2 N–H and O–H groups in total. The van der Waals surface area contributed by atoms with E-state index in [-0.39, 0.29) is 6.61 Å². The number of benzene rings is 1. The van der Waals surface area contributed by atoms with E-state index in [1.807, 2.05) is 18.2 Å². The number of aliphatic hydroxyl groups excluding tert-OH is 1. The molecule has 1 aliphatic rings. The van der Waals surface area contributed by atoms with Crippen LogP contribution in [0.5, 0.6) is 0 Å². The highest BCUT2D eigenvalue weighted by molar-refractivity contribution is 7.87. The topological polar surface area (TPSA) is 69.6 Å². The maximum atomic E-state index is 12.2. The van der Waals surface area contributed by atoms with Gasteiger partial charge in [0.25, 0.3) is 10.2 Å². The molecule has 19 heavy (non-hydrogen) atoms. The zero-order valence-corrected chi connectivity index (χ0v) is 11.6. The Labute approximate surface area is 114 Å². The fourth-order valence-corrected chi connectivity index (χ4v) is 3.71. The van der Waals surface area contributed by atoms with Crippen molar-refractivity contribution >= 4 is 10.2 Å². The summed E-state index contributed by atoms with van der Waals surface area (Å²) in [4.78, 5) is 0. The molecule has 106 valence electrons. The Balaban J connectivity index is 2.09. The molecule has 1 heterocycles. The third-order valence-corrected chi connectivity index (χ3v) is 4.96. The molecule has 0 aliphatic carbocycles. The molecule has 0 amide bonds. The van der Waals surface area contributed by atoms with Crippen molar-refractivity contribution < 1.29 is 13.5 Å². The smallest absolute Gasteiger partial charge is 0.280 e. The molecule has 1 atom stereocenters. The van der Waals surface area contributed by atoms with Crippen LogP contribution in [0.3, 0.4) is 0 Å². The van der Waals surface area contributed by atoms with E-state index in [1.54, 1.807) is 12.1 Å². The van der Waals surface area contributed by atoms with E-state index in [2.05, 4.69) is 4.72 Å². The predicted molar refractivity (Wildman–Crippen MR) is 73.7 cm³/mol. The van der Waals surface area contributed by atoms with Gasteiger partial charge in [0.1, 0.15) is 0 Å². The summed E-state index contributed by atoms with van der Waals surface area (Å²) in [5, 5.41) is 9.40. The standard InChI is InChI=1S/C13H20N2O3S/c16-11-13(12-7-3-1-4-8-12)14-19(17,18)15-9-5-2-6-10-15/h1,3-4,7-8,13-14,16H,2,5-6,9-11H2. The molecule has 6 heteroatoms. The van der Waals surface area contributed by atoms with Gasteiger partial charge in [-0.25, -0.2) is 0 Å². The van der Waals surface area contributed by atoms with Gasteiger partial charge in [0.2, 0.25) is 0 Å². The second-order valence-corrected chi connectivity index (χ2v) is 6.43. The molecule has 5 nitrogen and oxygen atoms in total. The highest BCUT2D eigenvalue weighted by atomic mass is 32.2. The fraction of sp³-hybridized carbons (Fsp3) is 0.538. The zero-order chi connectivity index (χ0) is 13.7. The molecule has 1 unspecified atom stereocenters. The minimum Gasteiger partial charge on any atom is -0.394 e. The molecular formula is C13H20N2O3S. The highest BCUT2D eigenvalue weighted by Crippen LogP contribution is 2.17. The summed E-state index contributed by atoms with van der Waals surface area (Å²) in [5.41, 5.74) is 0.769. The second-order valence-electron chi connectivity index (χ2n) is 4.73. The average Bonchev–Trinajstić information content (AvgIpc) is 2.47. The van der Waals surface area contributed by atoms with Gasteiger partial charge in [-0.15, -0.1) is 0 Å². The number of hydrogen-bond donors (Lipinski definition) is 2. The minimum atomic E-state index is -3.52. The summed E-state index contributed by atoms with van der Waals surface area (Å²) in [5.74, 6) is 0. The van der Waals surface area contributed by atoms with Crippen molar-refractivity contribution in [1.82, 2.24) is 9.03 Å². The lowest BCUT2D eigenvalue weighted by molar-refractivity contribution is 0.254. The molecule has 0 saturated carbocycles. The number of aliphatic hydroxyl groups is 1. The van der Waals surface area contributed by atoms with Crippen molar-refractivity contribution in [3.8, 4) is 0 Å². The van der Waals surface area contributed by atoms with Crippen LogP contribution >= 0.6 is 0 Å². The Hall–Kier alpha value is -0.950. The van der Waals surface area contributed by atoms with Crippen LogP contribution in [0, 0.1) is 0 Å². The molecule has 0 radical (unpaired) electrons. The maximum absolute atomic E-state index is 12.2. The van der Waals surface area contributed by atoms with E-state index < -0.39 is 16.3 Å². The van der Waals surface area contributed by atoms with Crippen LogP contribution in [0.4, 0.5) is 0 Å². The first-order valence-electron chi connectivity index (χ1n) is 6.56. The molecular weight excluding hydrogens is 264 g/mol. The summed E-state index contributed by atoms with van der Waals surface area (Å²) in [6.45, 7) is 0.863. The van der Waals surface area contributed by atoms with Gasteiger partial charge in [0.15, 0.2) is 0 Å². The molecule has 1 fully saturated rings. The summed E-state index contributed by atoms with van der Waals surface area (Å²) in [7, 11) is -3.52. The van der Waals surface area contributed by atoms with Crippen molar-refractivity contribution in [3.63, 3.8) is 0 Å². The van der Waals surface area contributed by atoms with Gasteiger partial charge in [-0.3, -0.25) is 0 Å². The largest absolute Gasteiger partial charge is 0.394 e. The van der Waals surface area contributed by atoms with Gasteiger partial charge in [0, 0.05) is 13.1 Å². The minimum absolute atomic E-state index is 0.253. The van der Waals surface area contributed by atoms with E-state index in [1.165, 1.54) is 4.31 Å². The first kappa shape index (κ1) is 14.5. The number of nitrogens with one attached hydrogen (secondary N) is 1. The Morgan fingerprint density at radius 2 is 1.79 bits per heavy atom. The van der Waals surface area contributed by atoms with Crippen LogP contribution in [-0.2, 0) is 10.2 Å². The molecule has 1 aromatic rings. The van der Waals surface area contributed by atoms with Crippen LogP contribution in [-0.4, -0.2) is 37.5 Å². The summed E-state index contributed by atoms with van der Waals surface area (Å²) >= 11 is 0. The first-order valence-corrected chi connectivity index (χ1v) is 8.01. The SMILES string of the molecule is O=S(=O)(NC(CO)c1ccccc1)N1CCCCC1. The van der Waals surface area contributed by atoms with Crippen molar-refractivity contribution in [2.45, 2.75) is 25.3 Å². The van der Waals surface area contributed by atoms with Gasteiger partial charge >= 0.3 is 0 Å². The van der Waals surface area contributed by atoms with E-state index in [9.17, 15) is 13.5 Å². The van der Waals surface area contributed by atoms with Gasteiger partial charge < -0.3 is 5.11 Å². The van der Waals surface area contributed by atoms with Crippen molar-refractivity contribution in [2.75, 3.05) is 19.7 Å². The molecule has 1 aromatic carbocycles. The van der Waals surface area contributed by atoms with Gasteiger partial charge in [0.05, 0.1) is 12.6 Å². The normalized spacial score (nSPS) is 19.2. The lowest BCUT2D eigenvalue weighted by Gasteiger charge is -2.28. The lowest BCUT2D eigenvalue weighted by atomic mass is 10.1. The monoisotopic (exact) mass is 284 g/mol. The molecule has 1 aliphatic heterocycles. The zero-order valence-electron chi connectivity index (χ0n) is 10.8. The molecule has 0 bridgehead atoms. The number of piperidine rings is 1. The van der Waals surface area contributed by atoms with Crippen LogP contribution in [0.25, 0.3) is 0 Å². The van der Waals surface area contributed by atoms with Crippen molar-refractivity contribution in [1.29, 1.82) is 0 Å². The second kappa shape index (κ2) is 6.47. The Kier molecular flexibility index (Phi) is 4.93. The fourth-order valence-electron chi connectivity index (χ4n) is 2.26. The summed E-state index contributed by atoms with van der Waals surface area (Å²) in [6.07, 6.45) is 2.88. The lowest BCUT2D eigenvalue weighted by Crippen LogP contribution is -2.45. The van der Waals surface area contributed by atoms with E-state index in [0.717, 1.165) is 24.8 Å². The maximum Gasteiger partial charge on any atom is 0.280 e. The number of nitrogens with zero attached hydrogens (tertiary/aromatic N) is 1. The average molecular weight is 284 g/mol. The van der Waals surface area contributed by atoms with Gasteiger partial charge in [-0.2, -0.15) is 17.4 Å². The van der Waals surface area contributed by atoms with E-state index in [0.29, 0.717) is 13.1 Å². The van der Waals surface area contributed by atoms with Gasteiger partial charge in [-0.05, 0) is 18.4 Å². The summed E-state index contributed by atoms with van der Waals surface area (Å²) < 4.78 is 28.5. The highest BCUT2D eigenvalue weighted by Gasteiger charge is 2.26. The Morgan fingerprint density at radius 3 is 2.37 bits per heavy atom. The Morgan fingerprint density at radius 1 is 1.16 bits per heavy atom. The molecule has 0 aromatic heterocycles. The predicted octanol–water partition coefficient (Wildman–Crippen LogP) is 1.04. The number of rotatable bonds is 5.